The molecule has 6 aromatic heterocycles. The van der Waals surface area contributed by atoms with Gasteiger partial charge in [0.05, 0.1) is 66.9 Å². The molecule has 0 fully saturated rings. The van der Waals surface area contributed by atoms with Gasteiger partial charge in [0.1, 0.15) is 0 Å². The first-order chi connectivity index (χ1) is 55.5. The molecule has 0 N–H and O–H groups in total. The molecule has 0 aliphatic heterocycles. The minimum absolute atomic E-state index is 0.630. The maximum atomic E-state index is 5.43. The predicted molar refractivity (Wildman–Crippen MR) is 465 cm³/mol. The molecule has 0 aliphatic carbocycles. The zero-order chi connectivity index (χ0) is 74.0. The van der Waals surface area contributed by atoms with E-state index in [2.05, 4.69) is 431 Å². The van der Waals surface area contributed by atoms with Crippen LogP contribution < -0.4 is 0 Å². The number of hydrogen-bond donors (Lipinski definition) is 0. The van der Waals surface area contributed by atoms with Crippen LogP contribution in [0.5, 0.6) is 0 Å². The normalized spacial score (nSPS) is 11.6. The van der Waals surface area contributed by atoms with Gasteiger partial charge in [-0.25, -0.2) is 19.9 Å². The minimum atomic E-state index is 0.630. The first-order valence-electron chi connectivity index (χ1n) is 38.0. The summed E-state index contributed by atoms with van der Waals surface area (Å²) in [4.78, 5) is 21.7. The van der Waals surface area contributed by atoms with E-state index in [0.717, 1.165) is 117 Å². The summed E-state index contributed by atoms with van der Waals surface area (Å²) in [6.45, 7) is 0. The van der Waals surface area contributed by atoms with Crippen LogP contribution in [-0.2, 0) is 0 Å². The van der Waals surface area contributed by atoms with E-state index >= 15 is 0 Å². The molecule has 22 aromatic rings. The monoisotopic (exact) mass is 1430 g/mol. The van der Waals surface area contributed by atoms with Gasteiger partial charge in [-0.1, -0.05) is 309 Å². The van der Waals surface area contributed by atoms with Gasteiger partial charge in [0.2, 0.25) is 11.9 Å². The molecule has 0 atom stereocenters. The molecule has 0 amide bonds. The molecule has 0 bridgehead atoms. The van der Waals surface area contributed by atoms with E-state index in [1.54, 1.807) is 0 Å². The number of rotatable bonds is 12. The molecule has 16 aromatic carbocycles. The molecule has 524 valence electrons. The Morgan fingerprint density at radius 3 is 0.679 bits per heavy atom. The topological polar surface area (TPSA) is 71.3 Å². The molecule has 0 saturated carbocycles. The van der Waals surface area contributed by atoms with Crippen molar-refractivity contribution in [3.63, 3.8) is 0 Å². The molecule has 0 radical (unpaired) electrons. The van der Waals surface area contributed by atoms with Crippen LogP contribution >= 0.6 is 0 Å². The van der Waals surface area contributed by atoms with E-state index in [1.807, 2.05) is 0 Å². The zero-order valence-electron chi connectivity index (χ0n) is 60.8. The third-order valence-electron chi connectivity index (χ3n) is 21.9. The number of hydrogen-bond acceptors (Lipinski definition) is 4. The molecule has 0 aliphatic rings. The van der Waals surface area contributed by atoms with Crippen molar-refractivity contribution in [2.75, 3.05) is 0 Å². The highest BCUT2D eigenvalue weighted by Crippen LogP contribution is 2.44. The largest absolute Gasteiger partial charge is 0.309 e. The Morgan fingerprint density at radius 1 is 0.134 bits per heavy atom. The van der Waals surface area contributed by atoms with Crippen molar-refractivity contribution >= 4 is 87.2 Å². The Balaban J connectivity index is 0.000000141. The van der Waals surface area contributed by atoms with E-state index in [-0.39, 0.29) is 0 Å². The Labute approximate surface area is 646 Å². The van der Waals surface area contributed by atoms with Crippen LogP contribution in [0, 0.1) is 0 Å². The lowest BCUT2D eigenvalue weighted by molar-refractivity contribution is 0.996. The summed E-state index contributed by atoms with van der Waals surface area (Å²) in [5.41, 5.74) is 28.1. The first kappa shape index (κ1) is 65.2. The molecule has 6 heterocycles. The van der Waals surface area contributed by atoms with Crippen LogP contribution in [0.15, 0.2) is 413 Å². The Morgan fingerprint density at radius 2 is 0.357 bits per heavy atom. The Kier molecular flexibility index (Phi) is 16.1. The molecular weight excluding hydrogens is 1360 g/mol. The van der Waals surface area contributed by atoms with E-state index in [1.165, 1.54) is 71.4 Å². The molecule has 112 heavy (non-hydrogen) atoms. The summed E-state index contributed by atoms with van der Waals surface area (Å²) < 4.78 is 9.27. The standard InChI is InChI=1S/2C52H34N4/c1-4-16-35(17-5-1)37-20-14-22-39(30-37)46-34-47(40-23-15-21-38(31-40)36-18-6-2-7-19-36)54-52(53-46)56-49-29-13-11-27-43(49)45-32-50-44(33-51(45)56)42-26-10-12-28-48(42)55(50)41-24-8-3-9-25-41;1-4-15-35(16-5-1)37-27-29-38(30-28-37)46-34-47(40-20-14-19-39(31-40)36-17-6-2-7-18-36)54-52(53-46)56-49-26-13-11-24-43(49)45-32-50-44(33-51(45)56)42-23-10-12-25-48(42)55(50)41-21-8-3-9-22-41/h2*1-34H. The second-order valence-electron chi connectivity index (χ2n) is 28.5. The number of aromatic nitrogens is 8. The maximum Gasteiger partial charge on any atom is 0.235 e. The Bertz CT molecular complexity index is 7230. The molecule has 0 saturated heterocycles. The van der Waals surface area contributed by atoms with Crippen molar-refractivity contribution in [3.8, 4) is 113 Å². The summed E-state index contributed by atoms with van der Waals surface area (Å²) >= 11 is 0. The van der Waals surface area contributed by atoms with Crippen LogP contribution in [0.25, 0.3) is 200 Å². The molecule has 0 unspecified atom stereocenters. The van der Waals surface area contributed by atoms with Crippen LogP contribution in [0.2, 0.25) is 0 Å². The number of fused-ring (bicyclic) bond motifs is 12. The summed E-state index contributed by atoms with van der Waals surface area (Å²) in [6.07, 6.45) is 0. The summed E-state index contributed by atoms with van der Waals surface area (Å²) in [5.74, 6) is 1.26. The quantitative estimate of drug-likeness (QED) is 0.122. The fourth-order valence-electron chi connectivity index (χ4n) is 16.6. The lowest BCUT2D eigenvalue weighted by Gasteiger charge is -2.13. The van der Waals surface area contributed by atoms with Gasteiger partial charge in [-0.3, -0.25) is 9.13 Å². The van der Waals surface area contributed by atoms with Crippen LogP contribution in [0.1, 0.15) is 0 Å². The molecular formula is C104H68N8. The smallest absolute Gasteiger partial charge is 0.235 e. The lowest BCUT2D eigenvalue weighted by atomic mass is 9.99. The van der Waals surface area contributed by atoms with Crippen molar-refractivity contribution in [1.29, 1.82) is 0 Å². The second kappa shape index (κ2) is 27.6. The summed E-state index contributed by atoms with van der Waals surface area (Å²) in [7, 11) is 0. The second-order valence-corrected chi connectivity index (χ2v) is 28.5. The average Bonchev–Trinajstić information content (AvgIpc) is 1.56. The van der Waals surface area contributed by atoms with Crippen LogP contribution in [0.3, 0.4) is 0 Å². The highest BCUT2D eigenvalue weighted by atomic mass is 15.2. The summed E-state index contributed by atoms with van der Waals surface area (Å²) in [5, 5.41) is 9.40. The first-order valence-corrected chi connectivity index (χ1v) is 38.0. The van der Waals surface area contributed by atoms with Gasteiger partial charge in [-0.2, -0.15) is 0 Å². The fourth-order valence-corrected chi connectivity index (χ4v) is 16.6. The van der Waals surface area contributed by atoms with Gasteiger partial charge in [0.15, 0.2) is 0 Å². The van der Waals surface area contributed by atoms with Crippen LogP contribution in [0.4, 0.5) is 0 Å². The SMILES string of the molecule is c1ccc(-c2ccc(-c3cc(-c4cccc(-c5ccccc5)c4)nc(-n4c5ccccc5c5cc6c(cc54)c4ccccc4n6-c4ccccc4)n3)cc2)cc1.c1ccc(-c2cccc(-c3cc(-c4cccc(-c5ccccc5)c4)nc(-n4c5ccccc5c5cc6c(cc54)c4ccccc4n6-c4ccccc4)n3)c2)cc1. The number of nitrogens with zero attached hydrogens (tertiary/aromatic N) is 8. The van der Waals surface area contributed by atoms with Crippen molar-refractivity contribution in [3.05, 3.63) is 413 Å². The van der Waals surface area contributed by atoms with Crippen molar-refractivity contribution in [2.45, 2.75) is 0 Å². The maximum absolute atomic E-state index is 5.43. The highest BCUT2D eigenvalue weighted by Gasteiger charge is 2.24. The summed E-state index contributed by atoms with van der Waals surface area (Å²) in [6, 6.07) is 146. The Hall–Kier alpha value is -15.1. The van der Waals surface area contributed by atoms with E-state index in [9.17, 15) is 0 Å². The number of benzene rings is 16. The van der Waals surface area contributed by atoms with Gasteiger partial charge in [0, 0.05) is 76.7 Å². The van der Waals surface area contributed by atoms with Crippen molar-refractivity contribution in [2.24, 2.45) is 0 Å². The molecule has 0 spiro atoms. The third-order valence-corrected chi connectivity index (χ3v) is 21.9. The van der Waals surface area contributed by atoms with E-state index in [0.29, 0.717) is 11.9 Å². The van der Waals surface area contributed by atoms with Crippen molar-refractivity contribution in [1.82, 2.24) is 38.2 Å². The third kappa shape index (κ3) is 11.6. The van der Waals surface area contributed by atoms with Crippen molar-refractivity contribution < 1.29 is 0 Å². The van der Waals surface area contributed by atoms with Gasteiger partial charge in [-0.05, 0) is 148 Å². The molecule has 22 rings (SSSR count). The van der Waals surface area contributed by atoms with Gasteiger partial charge >= 0.3 is 0 Å². The fraction of sp³-hybridized carbons (Fsp3) is 0. The number of para-hydroxylation sites is 6. The lowest BCUT2D eigenvalue weighted by Crippen LogP contribution is -2.04. The average molecular weight is 1430 g/mol. The van der Waals surface area contributed by atoms with Gasteiger partial charge < -0.3 is 9.13 Å². The molecule has 8 heteroatoms. The predicted octanol–water partition coefficient (Wildman–Crippen LogP) is 26.7. The van der Waals surface area contributed by atoms with Gasteiger partial charge in [0.25, 0.3) is 0 Å². The highest BCUT2D eigenvalue weighted by molar-refractivity contribution is 6.20. The van der Waals surface area contributed by atoms with E-state index < -0.39 is 0 Å². The minimum Gasteiger partial charge on any atom is -0.309 e. The van der Waals surface area contributed by atoms with Crippen LogP contribution in [-0.4, -0.2) is 38.2 Å². The molecule has 8 nitrogen and oxygen atoms in total. The zero-order valence-corrected chi connectivity index (χ0v) is 60.8. The van der Waals surface area contributed by atoms with Gasteiger partial charge in [-0.15, -0.1) is 0 Å². The van der Waals surface area contributed by atoms with E-state index in [4.69, 9.17) is 19.9 Å².